The maximum absolute atomic E-state index is 13.6. The maximum atomic E-state index is 13.6. The summed E-state index contributed by atoms with van der Waals surface area (Å²) in [6, 6.07) is 2.39. The normalized spacial score (nSPS) is 16.0. The molecule has 0 atom stereocenters. The van der Waals surface area contributed by atoms with Crippen molar-refractivity contribution in [2.75, 3.05) is 13.1 Å². The van der Waals surface area contributed by atoms with E-state index in [9.17, 15) is 31.9 Å². The minimum atomic E-state index is -5.23. The van der Waals surface area contributed by atoms with E-state index in [-0.39, 0.29) is 31.5 Å². The fourth-order valence-electron chi connectivity index (χ4n) is 2.89. The van der Waals surface area contributed by atoms with Gasteiger partial charge in [0.1, 0.15) is 11.4 Å². The van der Waals surface area contributed by atoms with Crippen molar-refractivity contribution in [3.8, 4) is 0 Å². The molecule has 1 aliphatic heterocycles. The number of piperidine rings is 1. The average Bonchev–Trinajstić information content (AvgIpc) is 2.59. The molecule has 1 fully saturated rings. The van der Waals surface area contributed by atoms with E-state index in [4.69, 9.17) is 4.74 Å². The van der Waals surface area contributed by atoms with Gasteiger partial charge in [-0.05, 0) is 51.8 Å². The molecule has 1 saturated heterocycles. The molecular formula is C19H21F4NO4. The molecule has 5 nitrogen and oxygen atoms in total. The molecule has 28 heavy (non-hydrogen) atoms. The Morgan fingerprint density at radius 1 is 1.07 bits per heavy atom. The van der Waals surface area contributed by atoms with E-state index in [0.29, 0.717) is 12.1 Å². The van der Waals surface area contributed by atoms with Crippen molar-refractivity contribution >= 4 is 17.7 Å². The second kappa shape index (κ2) is 7.89. The van der Waals surface area contributed by atoms with Gasteiger partial charge in [-0.15, -0.1) is 0 Å². The van der Waals surface area contributed by atoms with E-state index in [1.165, 1.54) is 4.90 Å². The van der Waals surface area contributed by atoms with Crippen LogP contribution >= 0.6 is 0 Å². The van der Waals surface area contributed by atoms with Gasteiger partial charge in [0.2, 0.25) is 0 Å². The van der Waals surface area contributed by atoms with Gasteiger partial charge in [-0.2, -0.15) is 13.2 Å². The number of halogens is 4. The Morgan fingerprint density at radius 3 is 2.14 bits per heavy atom. The molecule has 0 spiro atoms. The van der Waals surface area contributed by atoms with Gasteiger partial charge < -0.3 is 9.64 Å². The fraction of sp³-hybridized carbons (Fsp3) is 0.526. The first-order valence-electron chi connectivity index (χ1n) is 8.73. The lowest BCUT2D eigenvalue weighted by Gasteiger charge is -2.33. The highest BCUT2D eigenvalue weighted by Gasteiger charge is 2.41. The predicted octanol–water partition coefficient (Wildman–Crippen LogP) is 4.40. The number of nitrogens with zero attached hydrogens (tertiary/aromatic N) is 1. The molecule has 0 aromatic heterocycles. The third kappa shape index (κ3) is 5.30. The molecule has 1 aromatic rings. The topological polar surface area (TPSA) is 63.7 Å². The van der Waals surface area contributed by atoms with Crippen molar-refractivity contribution in [2.24, 2.45) is 5.92 Å². The first-order valence-corrected chi connectivity index (χ1v) is 8.73. The number of Topliss-reactive ketones (excluding diaryl/α,β-unsaturated/α-hetero) is 2. The molecule has 1 amide bonds. The Labute approximate surface area is 159 Å². The summed E-state index contributed by atoms with van der Waals surface area (Å²) in [7, 11) is 0. The molecule has 1 aromatic carbocycles. The Bertz CT molecular complexity index is 775. The van der Waals surface area contributed by atoms with Crippen LogP contribution in [0.4, 0.5) is 22.4 Å². The first-order chi connectivity index (χ1) is 12.8. The average molecular weight is 403 g/mol. The van der Waals surface area contributed by atoms with Gasteiger partial charge in [0.15, 0.2) is 5.78 Å². The van der Waals surface area contributed by atoms with Gasteiger partial charge in [0.25, 0.3) is 5.78 Å². The molecule has 0 saturated carbocycles. The third-order valence-electron chi connectivity index (χ3n) is 4.27. The number of carbonyl (C=O) groups excluding carboxylic acids is 3. The Kier molecular flexibility index (Phi) is 6.15. The number of amides is 1. The smallest absolute Gasteiger partial charge is 0.444 e. The quantitative estimate of drug-likeness (QED) is 0.554. The largest absolute Gasteiger partial charge is 0.454 e. The Balaban J connectivity index is 2.08. The zero-order valence-corrected chi connectivity index (χ0v) is 15.7. The van der Waals surface area contributed by atoms with Crippen molar-refractivity contribution in [1.82, 2.24) is 4.90 Å². The summed E-state index contributed by atoms with van der Waals surface area (Å²) in [4.78, 5) is 37.4. The second-order valence-electron chi connectivity index (χ2n) is 7.63. The molecule has 0 radical (unpaired) electrons. The SMILES string of the molecule is CC(C)(C)OC(=O)N1CCC(C(=O)c2ccc(F)c(C(=O)C(F)(F)F)c2)CC1. The minimum Gasteiger partial charge on any atom is -0.444 e. The number of hydrogen-bond donors (Lipinski definition) is 0. The number of rotatable bonds is 3. The van der Waals surface area contributed by atoms with Gasteiger partial charge in [0, 0.05) is 24.6 Å². The summed E-state index contributed by atoms with van der Waals surface area (Å²) in [6.45, 7) is 5.70. The van der Waals surface area contributed by atoms with E-state index >= 15 is 0 Å². The van der Waals surface area contributed by atoms with Crippen molar-refractivity contribution in [3.63, 3.8) is 0 Å². The van der Waals surface area contributed by atoms with Crippen LogP contribution in [0.2, 0.25) is 0 Å². The van der Waals surface area contributed by atoms with E-state index < -0.39 is 46.7 Å². The molecule has 0 N–H and O–H groups in total. The van der Waals surface area contributed by atoms with Crippen molar-refractivity contribution in [2.45, 2.75) is 45.4 Å². The molecule has 0 aliphatic carbocycles. The third-order valence-corrected chi connectivity index (χ3v) is 4.27. The summed E-state index contributed by atoms with van der Waals surface area (Å²) < 4.78 is 56.7. The molecular weight excluding hydrogens is 382 g/mol. The highest BCUT2D eigenvalue weighted by atomic mass is 19.4. The Morgan fingerprint density at radius 2 is 1.64 bits per heavy atom. The number of likely N-dealkylation sites (tertiary alicyclic amines) is 1. The lowest BCUT2D eigenvalue weighted by Crippen LogP contribution is -2.43. The summed E-state index contributed by atoms with van der Waals surface area (Å²) in [5, 5.41) is 0. The van der Waals surface area contributed by atoms with Gasteiger partial charge in [-0.25, -0.2) is 9.18 Å². The predicted molar refractivity (Wildman–Crippen MR) is 91.6 cm³/mol. The van der Waals surface area contributed by atoms with E-state index in [1.807, 2.05) is 0 Å². The monoisotopic (exact) mass is 403 g/mol. The zero-order valence-electron chi connectivity index (χ0n) is 15.7. The van der Waals surface area contributed by atoms with E-state index in [1.54, 1.807) is 20.8 Å². The van der Waals surface area contributed by atoms with Crippen LogP contribution in [0.1, 0.15) is 54.3 Å². The summed E-state index contributed by atoms with van der Waals surface area (Å²) in [5.74, 6) is -4.70. The molecule has 0 bridgehead atoms. The lowest BCUT2D eigenvalue weighted by molar-refractivity contribution is -0.0887. The standard InChI is InChI=1S/C19H21F4NO4/c1-18(2,3)28-17(27)24-8-6-11(7-9-24)15(25)12-4-5-14(20)13(10-12)16(26)19(21,22)23/h4-5,10-11H,6-9H2,1-3H3. The number of carbonyl (C=O) groups is 3. The zero-order chi connectivity index (χ0) is 21.3. The maximum Gasteiger partial charge on any atom is 0.454 e. The van der Waals surface area contributed by atoms with Crippen molar-refractivity contribution in [3.05, 3.63) is 35.1 Å². The van der Waals surface area contributed by atoms with Crippen LogP contribution in [0.25, 0.3) is 0 Å². The number of ketones is 2. The first kappa shape index (κ1) is 21.8. The highest BCUT2D eigenvalue weighted by molar-refractivity contribution is 6.04. The minimum absolute atomic E-state index is 0.162. The number of ether oxygens (including phenoxy) is 1. The van der Waals surface area contributed by atoms with Crippen molar-refractivity contribution < 1.29 is 36.7 Å². The van der Waals surface area contributed by atoms with Gasteiger partial charge in [-0.3, -0.25) is 9.59 Å². The second-order valence-corrected chi connectivity index (χ2v) is 7.63. The van der Waals surface area contributed by atoms with E-state index in [0.717, 1.165) is 6.07 Å². The van der Waals surface area contributed by atoms with Crippen LogP contribution in [0, 0.1) is 11.7 Å². The summed E-state index contributed by atoms with van der Waals surface area (Å²) in [6.07, 6.45) is -5.16. The van der Waals surface area contributed by atoms with Gasteiger partial charge >= 0.3 is 12.3 Å². The van der Waals surface area contributed by atoms with Crippen LogP contribution in [0.5, 0.6) is 0 Å². The van der Waals surface area contributed by atoms with Crippen molar-refractivity contribution in [1.29, 1.82) is 0 Å². The number of benzene rings is 1. The lowest BCUT2D eigenvalue weighted by atomic mass is 9.88. The number of alkyl halides is 3. The summed E-state index contributed by atoms with van der Waals surface area (Å²) in [5.41, 5.74) is -1.99. The van der Waals surface area contributed by atoms with Crippen LogP contribution in [0.3, 0.4) is 0 Å². The van der Waals surface area contributed by atoms with E-state index in [2.05, 4.69) is 0 Å². The molecule has 1 aliphatic rings. The molecule has 0 unspecified atom stereocenters. The molecule has 1 heterocycles. The summed E-state index contributed by atoms with van der Waals surface area (Å²) >= 11 is 0. The Hall–Kier alpha value is -2.45. The highest BCUT2D eigenvalue weighted by Crippen LogP contribution is 2.27. The van der Waals surface area contributed by atoms with Crippen LogP contribution in [0.15, 0.2) is 18.2 Å². The van der Waals surface area contributed by atoms with Crippen LogP contribution in [-0.4, -0.2) is 47.4 Å². The molecule has 2 rings (SSSR count). The van der Waals surface area contributed by atoms with Gasteiger partial charge in [0.05, 0.1) is 5.56 Å². The van der Waals surface area contributed by atoms with Gasteiger partial charge in [-0.1, -0.05) is 0 Å². The van der Waals surface area contributed by atoms with Crippen LogP contribution < -0.4 is 0 Å². The molecule has 154 valence electrons. The number of hydrogen-bond acceptors (Lipinski definition) is 4. The molecule has 9 heteroatoms. The van der Waals surface area contributed by atoms with Crippen LogP contribution in [-0.2, 0) is 4.74 Å². The fourth-order valence-corrected chi connectivity index (χ4v) is 2.89.